The van der Waals surface area contributed by atoms with Gasteiger partial charge in [0.2, 0.25) is 0 Å². The Kier molecular flexibility index (Phi) is 5.91. The summed E-state index contributed by atoms with van der Waals surface area (Å²) in [5.41, 5.74) is 11.8. The molecule has 0 saturated heterocycles. The molecule has 0 spiro atoms. The van der Waals surface area contributed by atoms with Crippen LogP contribution < -0.4 is 4.40 Å². The number of aromatic nitrogens is 2. The summed E-state index contributed by atoms with van der Waals surface area (Å²) in [6.45, 7) is 18.7. The number of fused-ring (bicyclic) bond motifs is 3. The molecule has 0 radical (unpaired) electrons. The molecular weight excluding hydrogens is 496 g/mol. The topological polar surface area (TPSA) is 9.03 Å². The van der Waals surface area contributed by atoms with Crippen molar-refractivity contribution in [1.29, 1.82) is 0 Å². The monoisotopic (exact) mass is 537 g/mol. The van der Waals surface area contributed by atoms with Crippen molar-refractivity contribution >= 4 is 33.0 Å². The lowest BCUT2D eigenvalue weighted by Gasteiger charge is -2.36. The Labute approximate surface area is 244 Å². The van der Waals surface area contributed by atoms with Gasteiger partial charge in [-0.3, -0.25) is 0 Å². The number of imidazole rings is 1. The number of aryl methyl sites for hydroxylation is 1. The Morgan fingerprint density at radius 3 is 2.37 bits per heavy atom. The predicted molar refractivity (Wildman–Crippen MR) is 174 cm³/mol. The van der Waals surface area contributed by atoms with Crippen LogP contribution in [0.5, 0.6) is 0 Å². The van der Waals surface area contributed by atoms with Gasteiger partial charge in [0.15, 0.2) is 5.69 Å². The molecule has 3 aromatic carbocycles. The van der Waals surface area contributed by atoms with E-state index in [0.717, 1.165) is 12.8 Å². The van der Waals surface area contributed by atoms with Crippen LogP contribution in [0.25, 0.3) is 44.1 Å². The maximum absolute atomic E-state index is 4.83. The zero-order valence-electron chi connectivity index (χ0n) is 25.3. The molecular formula is C39H41N2+. The van der Waals surface area contributed by atoms with Crippen molar-refractivity contribution in [3.63, 3.8) is 0 Å². The summed E-state index contributed by atoms with van der Waals surface area (Å²) < 4.78 is 5.04. The van der Waals surface area contributed by atoms with Crippen molar-refractivity contribution in [1.82, 2.24) is 4.57 Å². The van der Waals surface area contributed by atoms with E-state index in [9.17, 15) is 0 Å². The van der Waals surface area contributed by atoms with E-state index >= 15 is 0 Å². The fourth-order valence-electron chi connectivity index (χ4n) is 7.93. The Balaban J connectivity index is 1.68. The highest BCUT2D eigenvalue weighted by Gasteiger charge is 2.45. The smallest absolute Gasteiger partial charge is 0.198 e. The molecule has 0 fully saturated rings. The Morgan fingerprint density at radius 1 is 0.927 bits per heavy atom. The molecule has 2 aromatic heterocycles. The number of hydrogen-bond donors (Lipinski definition) is 0. The van der Waals surface area contributed by atoms with Gasteiger partial charge in [0.25, 0.3) is 5.65 Å². The minimum absolute atomic E-state index is 0.111. The highest BCUT2D eigenvalue weighted by molar-refractivity contribution is 6.18. The van der Waals surface area contributed by atoms with Crippen LogP contribution in [0.15, 0.2) is 97.2 Å². The first kappa shape index (κ1) is 26.0. The molecule has 2 atom stereocenters. The summed E-state index contributed by atoms with van der Waals surface area (Å²) in [7, 11) is 0. The molecule has 2 nitrogen and oxygen atoms in total. The van der Waals surface area contributed by atoms with Gasteiger partial charge in [0, 0.05) is 16.7 Å². The molecule has 41 heavy (non-hydrogen) atoms. The molecule has 7 rings (SSSR count). The van der Waals surface area contributed by atoms with Crippen LogP contribution in [0.2, 0.25) is 0 Å². The fraction of sp³-hybridized carbons (Fsp3) is 0.308. The normalized spacial score (nSPS) is 19.7. The first-order chi connectivity index (χ1) is 19.8. The van der Waals surface area contributed by atoms with Crippen LogP contribution in [0.1, 0.15) is 70.2 Å². The molecule has 0 N–H and O–H groups in total. The van der Waals surface area contributed by atoms with Gasteiger partial charge in [-0.25, -0.2) is 0 Å². The standard InChI is InChI=1S/C39H41N2/c1-8-39(9-2)27(7)40-23-35(30-19-18-28(24(3)4)22-26(30)6)41-34-17-13-12-16-32(34)36-31(29-15-11-10-14-25(29)5)20-21-33(39)37(36)38(40)41/h10-24,26,30H,7-9H2,1-6H3/q+1. The third-order valence-electron chi connectivity index (χ3n) is 10.3. The van der Waals surface area contributed by atoms with Crippen molar-refractivity contribution < 1.29 is 4.40 Å². The molecule has 2 unspecified atom stereocenters. The largest absolute Gasteiger partial charge is 0.300 e. The molecule has 2 heteroatoms. The minimum Gasteiger partial charge on any atom is -0.198 e. The summed E-state index contributed by atoms with van der Waals surface area (Å²) in [5, 5.41) is 4.07. The lowest BCUT2D eigenvalue weighted by Crippen LogP contribution is -2.35. The number of para-hydroxylation sites is 1. The third kappa shape index (κ3) is 3.46. The van der Waals surface area contributed by atoms with Crippen LogP contribution in [0.3, 0.4) is 0 Å². The van der Waals surface area contributed by atoms with Crippen molar-refractivity contribution in [3.05, 3.63) is 114 Å². The summed E-state index contributed by atoms with van der Waals surface area (Å²) >= 11 is 0. The van der Waals surface area contributed by atoms with E-state index in [0.29, 0.717) is 17.8 Å². The van der Waals surface area contributed by atoms with Gasteiger partial charge in [0.1, 0.15) is 17.4 Å². The quantitative estimate of drug-likeness (QED) is 0.156. The van der Waals surface area contributed by atoms with Crippen LogP contribution >= 0.6 is 0 Å². The lowest BCUT2D eigenvalue weighted by atomic mass is 9.69. The number of rotatable bonds is 5. The highest BCUT2D eigenvalue weighted by Crippen LogP contribution is 2.52. The maximum Gasteiger partial charge on any atom is 0.300 e. The molecule has 1 aliphatic heterocycles. The molecule has 3 heterocycles. The molecule has 0 amide bonds. The zero-order valence-corrected chi connectivity index (χ0v) is 25.3. The summed E-state index contributed by atoms with van der Waals surface area (Å²) in [6.07, 6.45) is 11.8. The number of allylic oxidation sites excluding steroid dienone is 5. The Bertz CT molecular complexity index is 1940. The molecule has 206 valence electrons. The van der Waals surface area contributed by atoms with Gasteiger partial charge >= 0.3 is 0 Å². The molecule has 5 aromatic rings. The van der Waals surface area contributed by atoms with Gasteiger partial charge in [-0.1, -0.05) is 114 Å². The first-order valence-corrected chi connectivity index (χ1v) is 15.4. The zero-order chi connectivity index (χ0) is 28.6. The van der Waals surface area contributed by atoms with Crippen molar-refractivity contribution in [3.8, 4) is 11.1 Å². The summed E-state index contributed by atoms with van der Waals surface area (Å²) in [4.78, 5) is 0. The van der Waals surface area contributed by atoms with Crippen molar-refractivity contribution in [2.24, 2.45) is 11.8 Å². The molecule has 2 aliphatic rings. The first-order valence-electron chi connectivity index (χ1n) is 15.4. The average molecular weight is 538 g/mol. The van der Waals surface area contributed by atoms with E-state index in [1.54, 1.807) is 0 Å². The van der Waals surface area contributed by atoms with E-state index in [-0.39, 0.29) is 5.41 Å². The van der Waals surface area contributed by atoms with Gasteiger partial charge in [-0.05, 0) is 65.5 Å². The Hall–Kier alpha value is -3.91. The highest BCUT2D eigenvalue weighted by atomic mass is 15.1. The third-order valence-corrected chi connectivity index (χ3v) is 10.3. The predicted octanol–water partition coefficient (Wildman–Crippen LogP) is 9.92. The summed E-state index contributed by atoms with van der Waals surface area (Å²) in [5.74, 6) is 1.23. The molecule has 0 saturated carbocycles. The number of benzene rings is 3. The SMILES string of the molecule is C=C1n2cc(C3C=CC(C(C)C)=CC3C)[n+]3c4ccccc4c4c(-c5ccccc5C)ccc(c4c23)C1(CC)CC. The van der Waals surface area contributed by atoms with Gasteiger partial charge < -0.3 is 0 Å². The maximum atomic E-state index is 4.83. The Morgan fingerprint density at radius 2 is 1.66 bits per heavy atom. The van der Waals surface area contributed by atoms with E-state index in [2.05, 4.69) is 136 Å². The second-order valence-electron chi connectivity index (χ2n) is 12.6. The van der Waals surface area contributed by atoms with Crippen LogP contribution in [0, 0.1) is 18.8 Å². The second-order valence-corrected chi connectivity index (χ2v) is 12.6. The molecule has 0 bridgehead atoms. The number of hydrogen-bond acceptors (Lipinski definition) is 0. The van der Waals surface area contributed by atoms with Crippen molar-refractivity contribution in [2.75, 3.05) is 0 Å². The number of nitrogens with zero attached hydrogens (tertiary/aromatic N) is 2. The van der Waals surface area contributed by atoms with E-state index in [1.165, 1.54) is 66.5 Å². The fourth-order valence-corrected chi connectivity index (χ4v) is 7.93. The molecule has 1 aliphatic carbocycles. The van der Waals surface area contributed by atoms with E-state index < -0.39 is 0 Å². The number of pyridine rings is 1. The lowest BCUT2D eigenvalue weighted by molar-refractivity contribution is -0.490. The summed E-state index contributed by atoms with van der Waals surface area (Å²) in [6, 6.07) is 22.7. The van der Waals surface area contributed by atoms with Gasteiger partial charge in [0.05, 0.1) is 10.8 Å². The average Bonchev–Trinajstić information content (AvgIpc) is 3.39. The van der Waals surface area contributed by atoms with Gasteiger partial charge in [-0.15, -0.1) is 0 Å². The van der Waals surface area contributed by atoms with Crippen LogP contribution in [-0.4, -0.2) is 4.57 Å². The van der Waals surface area contributed by atoms with Crippen LogP contribution in [-0.2, 0) is 5.41 Å². The van der Waals surface area contributed by atoms with Crippen LogP contribution in [0.4, 0.5) is 0 Å². The van der Waals surface area contributed by atoms with E-state index in [4.69, 9.17) is 6.58 Å². The van der Waals surface area contributed by atoms with Gasteiger partial charge in [-0.2, -0.15) is 8.97 Å². The minimum atomic E-state index is -0.111. The van der Waals surface area contributed by atoms with Crippen molar-refractivity contribution in [2.45, 2.75) is 65.7 Å². The van der Waals surface area contributed by atoms with E-state index in [1.807, 2.05) is 0 Å². The second kappa shape index (κ2) is 9.31.